The van der Waals surface area contributed by atoms with Gasteiger partial charge in [0.05, 0.1) is 17.5 Å². The predicted molar refractivity (Wildman–Crippen MR) is 80.7 cm³/mol. The predicted octanol–water partition coefficient (Wildman–Crippen LogP) is 3.23. The van der Waals surface area contributed by atoms with Gasteiger partial charge in [-0.15, -0.1) is 0 Å². The van der Waals surface area contributed by atoms with Gasteiger partial charge in [0.2, 0.25) is 0 Å². The number of carboxylic acids is 1. The minimum atomic E-state index is -0.829. The van der Waals surface area contributed by atoms with Gasteiger partial charge < -0.3 is 9.67 Å². The third kappa shape index (κ3) is 3.12. The molecule has 5 nitrogen and oxygen atoms in total. The van der Waals surface area contributed by atoms with E-state index in [0.717, 1.165) is 16.9 Å². The Hall–Kier alpha value is -2.17. The summed E-state index contributed by atoms with van der Waals surface area (Å²) in [6, 6.07) is 5.44. The van der Waals surface area contributed by atoms with E-state index < -0.39 is 5.97 Å². The average molecular weight is 288 g/mol. The fraction of sp³-hybridized carbons (Fsp3) is 0.438. The number of imidazole rings is 1. The van der Waals surface area contributed by atoms with Crippen LogP contribution in [0.25, 0.3) is 11.0 Å². The summed E-state index contributed by atoms with van der Waals surface area (Å²) in [4.78, 5) is 27.2. The van der Waals surface area contributed by atoms with Crippen LogP contribution in [0.3, 0.4) is 0 Å². The Morgan fingerprint density at radius 1 is 1.33 bits per heavy atom. The third-order valence-corrected chi connectivity index (χ3v) is 3.49. The van der Waals surface area contributed by atoms with Crippen molar-refractivity contribution in [3.05, 3.63) is 29.6 Å². The molecule has 1 N–H and O–H groups in total. The van der Waals surface area contributed by atoms with Crippen molar-refractivity contribution in [3.63, 3.8) is 0 Å². The average Bonchev–Trinajstić information content (AvgIpc) is 2.82. The molecular weight excluding hydrogens is 268 g/mol. The van der Waals surface area contributed by atoms with E-state index in [-0.39, 0.29) is 18.1 Å². The van der Waals surface area contributed by atoms with Crippen LogP contribution in [0.5, 0.6) is 0 Å². The number of aliphatic carboxylic acids is 1. The summed E-state index contributed by atoms with van der Waals surface area (Å²) >= 11 is 0. The summed E-state index contributed by atoms with van der Waals surface area (Å²) in [7, 11) is 0. The van der Waals surface area contributed by atoms with E-state index in [4.69, 9.17) is 5.11 Å². The second-order valence-electron chi connectivity index (χ2n) is 5.40. The van der Waals surface area contributed by atoms with Crippen molar-refractivity contribution in [3.8, 4) is 0 Å². The van der Waals surface area contributed by atoms with Gasteiger partial charge in [0, 0.05) is 24.4 Å². The minimum absolute atomic E-state index is 0.0564. The molecule has 1 aromatic carbocycles. The number of rotatable bonds is 6. The first kappa shape index (κ1) is 15.2. The first-order valence-electron chi connectivity index (χ1n) is 7.19. The van der Waals surface area contributed by atoms with E-state index in [1.165, 1.54) is 0 Å². The van der Waals surface area contributed by atoms with Gasteiger partial charge in [-0.05, 0) is 18.2 Å². The Balaban J connectivity index is 2.51. The number of fused-ring (bicyclic) bond motifs is 1. The Labute approximate surface area is 123 Å². The van der Waals surface area contributed by atoms with Crippen molar-refractivity contribution in [1.82, 2.24) is 9.55 Å². The molecule has 2 aromatic rings. The fourth-order valence-corrected chi connectivity index (χ4v) is 2.41. The van der Waals surface area contributed by atoms with Gasteiger partial charge in [0.15, 0.2) is 5.78 Å². The van der Waals surface area contributed by atoms with Gasteiger partial charge in [0.1, 0.15) is 5.82 Å². The maximum Gasteiger partial charge on any atom is 0.305 e. The summed E-state index contributed by atoms with van der Waals surface area (Å²) in [5.74, 6) is 0.302. The molecule has 21 heavy (non-hydrogen) atoms. The highest BCUT2D eigenvalue weighted by Gasteiger charge is 2.15. The molecule has 0 aliphatic heterocycles. The molecule has 112 valence electrons. The zero-order chi connectivity index (χ0) is 15.6. The molecule has 1 heterocycles. The highest BCUT2D eigenvalue weighted by atomic mass is 16.4. The normalized spacial score (nSPS) is 11.2. The fourth-order valence-electron chi connectivity index (χ4n) is 2.41. The van der Waals surface area contributed by atoms with Crippen molar-refractivity contribution in [2.45, 2.75) is 46.1 Å². The van der Waals surface area contributed by atoms with Crippen LogP contribution in [-0.4, -0.2) is 26.4 Å². The number of ketones is 1. The number of aromatic nitrogens is 2. The lowest BCUT2D eigenvalue weighted by Gasteiger charge is -2.10. The number of Topliss-reactive ketones (excluding diaryl/α,β-unsaturated/α-hetero) is 1. The maximum absolute atomic E-state index is 11.8. The topological polar surface area (TPSA) is 72.2 Å². The second-order valence-corrected chi connectivity index (χ2v) is 5.40. The number of benzene rings is 1. The molecule has 1 aromatic heterocycles. The Morgan fingerprint density at radius 3 is 2.62 bits per heavy atom. The Kier molecular flexibility index (Phi) is 4.40. The van der Waals surface area contributed by atoms with Gasteiger partial charge in [-0.1, -0.05) is 20.8 Å². The molecule has 0 aliphatic rings. The van der Waals surface area contributed by atoms with Gasteiger partial charge in [-0.2, -0.15) is 0 Å². The van der Waals surface area contributed by atoms with Crippen molar-refractivity contribution < 1.29 is 14.7 Å². The first-order valence-corrected chi connectivity index (χ1v) is 7.19. The van der Waals surface area contributed by atoms with E-state index >= 15 is 0 Å². The van der Waals surface area contributed by atoms with Crippen LogP contribution in [0.1, 0.15) is 55.7 Å². The number of carboxylic acid groups (broad SMARTS) is 1. The van der Waals surface area contributed by atoms with Gasteiger partial charge >= 0.3 is 5.97 Å². The summed E-state index contributed by atoms with van der Waals surface area (Å²) in [6.07, 6.45) is 0.517. The number of carbonyl (C=O) groups excluding carboxylic acids is 1. The van der Waals surface area contributed by atoms with Crippen LogP contribution in [0.4, 0.5) is 0 Å². The summed E-state index contributed by atoms with van der Waals surface area (Å²) in [6.45, 7) is 6.27. The van der Waals surface area contributed by atoms with Crippen LogP contribution < -0.4 is 0 Å². The SMILES string of the molecule is CCC(=O)c1ccc2c(c1)nc(C(C)C)n2CCC(=O)O. The lowest BCUT2D eigenvalue weighted by atomic mass is 10.1. The number of aryl methyl sites for hydroxylation is 1. The Morgan fingerprint density at radius 2 is 2.05 bits per heavy atom. The molecule has 0 fully saturated rings. The molecule has 2 rings (SSSR count). The largest absolute Gasteiger partial charge is 0.481 e. The summed E-state index contributed by atoms with van der Waals surface area (Å²) in [5, 5.41) is 8.88. The van der Waals surface area contributed by atoms with Crippen LogP contribution in [0.15, 0.2) is 18.2 Å². The van der Waals surface area contributed by atoms with E-state index in [1.807, 2.05) is 31.4 Å². The van der Waals surface area contributed by atoms with Crippen molar-refractivity contribution in [2.75, 3.05) is 0 Å². The van der Waals surface area contributed by atoms with E-state index in [9.17, 15) is 9.59 Å². The molecule has 0 saturated carbocycles. The van der Waals surface area contributed by atoms with Crippen molar-refractivity contribution in [1.29, 1.82) is 0 Å². The number of nitrogens with zero attached hydrogens (tertiary/aromatic N) is 2. The summed E-state index contributed by atoms with van der Waals surface area (Å²) in [5.41, 5.74) is 2.29. The van der Waals surface area contributed by atoms with E-state index in [2.05, 4.69) is 4.98 Å². The number of hydrogen-bond acceptors (Lipinski definition) is 3. The highest BCUT2D eigenvalue weighted by molar-refractivity contribution is 5.98. The van der Waals surface area contributed by atoms with Crippen LogP contribution in [0.2, 0.25) is 0 Å². The third-order valence-electron chi connectivity index (χ3n) is 3.49. The molecule has 0 atom stereocenters. The van der Waals surface area contributed by atoms with Gasteiger partial charge in [-0.25, -0.2) is 4.98 Å². The number of hydrogen-bond donors (Lipinski definition) is 1. The van der Waals surface area contributed by atoms with Crippen LogP contribution >= 0.6 is 0 Å². The zero-order valence-electron chi connectivity index (χ0n) is 12.6. The van der Waals surface area contributed by atoms with Crippen LogP contribution in [-0.2, 0) is 11.3 Å². The molecular formula is C16H20N2O3. The monoisotopic (exact) mass is 288 g/mol. The van der Waals surface area contributed by atoms with Crippen LogP contribution in [0, 0.1) is 0 Å². The smallest absolute Gasteiger partial charge is 0.305 e. The molecule has 5 heteroatoms. The first-order chi connectivity index (χ1) is 9.93. The summed E-state index contributed by atoms with van der Waals surface area (Å²) < 4.78 is 1.94. The molecule has 0 aliphatic carbocycles. The lowest BCUT2D eigenvalue weighted by molar-refractivity contribution is -0.137. The molecule has 0 bridgehead atoms. The Bertz CT molecular complexity index is 686. The quantitative estimate of drug-likeness (QED) is 0.828. The minimum Gasteiger partial charge on any atom is -0.481 e. The van der Waals surface area contributed by atoms with E-state index in [0.29, 0.717) is 18.5 Å². The van der Waals surface area contributed by atoms with E-state index in [1.54, 1.807) is 12.1 Å². The molecule has 0 saturated heterocycles. The van der Waals surface area contributed by atoms with Gasteiger partial charge in [-0.3, -0.25) is 9.59 Å². The molecule has 0 spiro atoms. The number of carbonyl (C=O) groups is 2. The zero-order valence-corrected chi connectivity index (χ0v) is 12.6. The lowest BCUT2D eigenvalue weighted by Crippen LogP contribution is -2.09. The molecule has 0 amide bonds. The van der Waals surface area contributed by atoms with Gasteiger partial charge in [0.25, 0.3) is 0 Å². The molecule has 0 radical (unpaired) electrons. The molecule has 0 unspecified atom stereocenters. The standard InChI is InChI=1S/C16H20N2O3/c1-4-14(19)11-5-6-13-12(9-11)17-16(10(2)3)18(13)8-7-15(20)21/h5-6,9-10H,4,7-8H2,1-3H3,(H,20,21). The van der Waals surface area contributed by atoms with Crippen molar-refractivity contribution >= 4 is 22.8 Å². The maximum atomic E-state index is 11.8. The highest BCUT2D eigenvalue weighted by Crippen LogP contribution is 2.23. The van der Waals surface area contributed by atoms with Crippen molar-refractivity contribution in [2.24, 2.45) is 0 Å². The second kappa shape index (κ2) is 6.08.